The number of ether oxygens (including phenoxy) is 1. The van der Waals surface area contributed by atoms with Gasteiger partial charge in [0.2, 0.25) is 0 Å². The minimum absolute atomic E-state index is 0.0557. The molecular formula is C10H13N3O2. The van der Waals surface area contributed by atoms with Crippen LogP contribution in [-0.2, 0) is 0 Å². The van der Waals surface area contributed by atoms with Crippen LogP contribution in [0.15, 0.2) is 0 Å². The number of hydrogen-bond acceptors (Lipinski definition) is 5. The van der Waals surface area contributed by atoms with Crippen molar-refractivity contribution in [2.75, 3.05) is 13.2 Å². The largest absolute Gasteiger partial charge is 0.476 e. The Balaban J connectivity index is 2.89. The molecule has 0 radical (unpaired) electrons. The molecule has 80 valence electrons. The molecule has 1 aromatic heterocycles. The van der Waals surface area contributed by atoms with Crippen molar-refractivity contribution in [3.05, 3.63) is 16.8 Å². The lowest BCUT2D eigenvalue weighted by Gasteiger charge is -2.07. The lowest BCUT2D eigenvalue weighted by atomic mass is 10.1. The van der Waals surface area contributed by atoms with Crippen molar-refractivity contribution in [2.45, 2.75) is 20.3 Å². The second-order valence-corrected chi connectivity index (χ2v) is 3.13. The van der Waals surface area contributed by atoms with Gasteiger partial charge in [0.15, 0.2) is 0 Å². The number of aryl methyl sites for hydroxylation is 1. The topological polar surface area (TPSA) is 79.0 Å². The van der Waals surface area contributed by atoms with Crippen LogP contribution in [0.3, 0.4) is 0 Å². The van der Waals surface area contributed by atoms with E-state index >= 15 is 0 Å². The Bertz CT molecular complexity index is 385. The molecule has 0 spiro atoms. The molecule has 15 heavy (non-hydrogen) atoms. The van der Waals surface area contributed by atoms with Crippen LogP contribution in [0.2, 0.25) is 0 Å². The van der Waals surface area contributed by atoms with Gasteiger partial charge in [-0.3, -0.25) is 0 Å². The summed E-state index contributed by atoms with van der Waals surface area (Å²) in [6.45, 7) is 3.99. The van der Waals surface area contributed by atoms with Crippen LogP contribution in [-0.4, -0.2) is 28.5 Å². The molecule has 0 aliphatic heterocycles. The molecule has 5 nitrogen and oxygen atoms in total. The SMILES string of the molecule is Cc1nnc(OCCCO)c(C#N)c1C. The number of nitriles is 1. The van der Waals surface area contributed by atoms with Crippen LogP contribution in [0.4, 0.5) is 0 Å². The summed E-state index contributed by atoms with van der Waals surface area (Å²) in [7, 11) is 0. The van der Waals surface area contributed by atoms with Crippen LogP contribution in [0.5, 0.6) is 5.88 Å². The minimum atomic E-state index is 0.0557. The predicted octanol–water partition coefficient (Wildman–Crippen LogP) is 0.726. The fraction of sp³-hybridized carbons (Fsp3) is 0.500. The van der Waals surface area contributed by atoms with E-state index in [4.69, 9.17) is 15.1 Å². The maximum atomic E-state index is 8.93. The highest BCUT2D eigenvalue weighted by atomic mass is 16.5. The molecule has 0 aliphatic carbocycles. The zero-order valence-corrected chi connectivity index (χ0v) is 8.82. The monoisotopic (exact) mass is 207 g/mol. The Labute approximate surface area is 88.3 Å². The van der Waals surface area contributed by atoms with E-state index in [2.05, 4.69) is 10.2 Å². The second kappa shape index (κ2) is 5.27. The van der Waals surface area contributed by atoms with Gasteiger partial charge >= 0.3 is 0 Å². The van der Waals surface area contributed by atoms with E-state index in [1.165, 1.54) is 0 Å². The highest BCUT2D eigenvalue weighted by Gasteiger charge is 2.11. The number of rotatable bonds is 4. The molecule has 0 saturated carbocycles. The van der Waals surface area contributed by atoms with Crippen LogP contribution < -0.4 is 4.74 Å². The van der Waals surface area contributed by atoms with Gasteiger partial charge in [-0.1, -0.05) is 0 Å². The highest BCUT2D eigenvalue weighted by Crippen LogP contribution is 2.18. The summed E-state index contributed by atoms with van der Waals surface area (Å²) < 4.78 is 5.25. The van der Waals surface area contributed by atoms with Crippen LogP contribution >= 0.6 is 0 Å². The Hall–Kier alpha value is -1.67. The molecule has 1 aromatic rings. The number of aliphatic hydroxyl groups excluding tert-OH is 1. The molecule has 1 heterocycles. The van der Waals surface area contributed by atoms with Crippen molar-refractivity contribution in [3.8, 4) is 11.9 Å². The third-order valence-electron chi connectivity index (χ3n) is 2.08. The summed E-state index contributed by atoms with van der Waals surface area (Å²) in [5.41, 5.74) is 1.92. The maximum Gasteiger partial charge on any atom is 0.251 e. The molecule has 0 bridgehead atoms. The summed E-state index contributed by atoms with van der Waals surface area (Å²) >= 11 is 0. The second-order valence-electron chi connectivity index (χ2n) is 3.13. The van der Waals surface area contributed by atoms with Crippen LogP contribution in [0, 0.1) is 25.2 Å². The molecule has 5 heteroatoms. The average molecular weight is 207 g/mol. The Morgan fingerprint density at radius 3 is 2.73 bits per heavy atom. The van der Waals surface area contributed by atoms with E-state index in [1.54, 1.807) is 6.92 Å². The number of hydrogen-bond donors (Lipinski definition) is 1. The van der Waals surface area contributed by atoms with Gasteiger partial charge in [0.25, 0.3) is 5.88 Å². The van der Waals surface area contributed by atoms with Gasteiger partial charge in [-0.15, -0.1) is 5.10 Å². The molecular weight excluding hydrogens is 194 g/mol. The quantitative estimate of drug-likeness (QED) is 0.736. The lowest BCUT2D eigenvalue weighted by Crippen LogP contribution is -2.06. The van der Waals surface area contributed by atoms with Gasteiger partial charge in [-0.25, -0.2) is 0 Å². The molecule has 0 atom stereocenters. The summed E-state index contributed by atoms with van der Waals surface area (Å²) in [5.74, 6) is 0.244. The molecule has 1 N–H and O–H groups in total. The van der Waals surface area contributed by atoms with E-state index in [0.29, 0.717) is 18.6 Å². The van der Waals surface area contributed by atoms with Gasteiger partial charge in [0, 0.05) is 13.0 Å². The average Bonchev–Trinajstić information content (AvgIpc) is 2.24. The van der Waals surface area contributed by atoms with Crippen LogP contribution in [0.25, 0.3) is 0 Å². The standard InChI is InChI=1S/C10H13N3O2/c1-7-8(2)12-13-10(9(7)6-11)15-5-3-4-14/h14H,3-5H2,1-2H3. The van der Waals surface area contributed by atoms with Crippen molar-refractivity contribution in [1.82, 2.24) is 10.2 Å². The van der Waals surface area contributed by atoms with Crippen molar-refractivity contribution in [3.63, 3.8) is 0 Å². The maximum absolute atomic E-state index is 8.93. The van der Waals surface area contributed by atoms with Gasteiger partial charge in [-0.2, -0.15) is 10.4 Å². The van der Waals surface area contributed by atoms with Gasteiger partial charge in [0.05, 0.1) is 12.3 Å². The lowest BCUT2D eigenvalue weighted by molar-refractivity contribution is 0.227. The summed E-state index contributed by atoms with van der Waals surface area (Å²) in [5, 5.41) is 25.2. The van der Waals surface area contributed by atoms with E-state index in [9.17, 15) is 0 Å². The van der Waals surface area contributed by atoms with Crippen LogP contribution in [0.1, 0.15) is 23.2 Å². The van der Waals surface area contributed by atoms with Crippen molar-refractivity contribution in [1.29, 1.82) is 5.26 Å². The summed E-state index contributed by atoms with van der Waals surface area (Å²) in [6.07, 6.45) is 0.513. The zero-order chi connectivity index (χ0) is 11.3. The third kappa shape index (κ3) is 2.64. The first-order valence-corrected chi connectivity index (χ1v) is 4.68. The Morgan fingerprint density at radius 2 is 2.13 bits per heavy atom. The Morgan fingerprint density at radius 1 is 1.40 bits per heavy atom. The summed E-state index contributed by atoms with van der Waals surface area (Å²) in [6, 6.07) is 2.04. The van der Waals surface area contributed by atoms with Gasteiger partial charge in [-0.05, 0) is 19.4 Å². The van der Waals surface area contributed by atoms with E-state index in [-0.39, 0.29) is 12.5 Å². The van der Waals surface area contributed by atoms with Crippen molar-refractivity contribution < 1.29 is 9.84 Å². The molecule has 1 rings (SSSR count). The van der Waals surface area contributed by atoms with E-state index < -0.39 is 0 Å². The molecule has 0 unspecified atom stereocenters. The first kappa shape index (κ1) is 11.4. The molecule has 0 aliphatic rings. The van der Waals surface area contributed by atoms with E-state index in [1.807, 2.05) is 13.0 Å². The molecule has 0 amide bonds. The Kier molecular flexibility index (Phi) is 4.01. The smallest absolute Gasteiger partial charge is 0.251 e. The van der Waals surface area contributed by atoms with Gasteiger partial charge in [0.1, 0.15) is 11.6 Å². The van der Waals surface area contributed by atoms with Gasteiger partial charge < -0.3 is 9.84 Å². The number of aromatic nitrogens is 2. The summed E-state index contributed by atoms with van der Waals surface area (Å²) in [4.78, 5) is 0. The first-order chi connectivity index (χ1) is 7.20. The normalized spacial score (nSPS) is 9.73. The third-order valence-corrected chi connectivity index (χ3v) is 2.08. The molecule has 0 fully saturated rings. The molecule has 0 saturated heterocycles. The number of aliphatic hydroxyl groups is 1. The predicted molar refractivity (Wildman–Crippen MR) is 53.4 cm³/mol. The van der Waals surface area contributed by atoms with E-state index in [0.717, 1.165) is 11.3 Å². The highest BCUT2D eigenvalue weighted by molar-refractivity contribution is 5.44. The fourth-order valence-corrected chi connectivity index (χ4v) is 1.05. The van der Waals surface area contributed by atoms with Crippen molar-refractivity contribution >= 4 is 0 Å². The van der Waals surface area contributed by atoms with Crippen molar-refractivity contribution in [2.24, 2.45) is 0 Å². The number of nitrogens with zero attached hydrogens (tertiary/aromatic N) is 3. The zero-order valence-electron chi connectivity index (χ0n) is 8.82. The molecule has 0 aromatic carbocycles. The first-order valence-electron chi connectivity index (χ1n) is 4.68. The fourth-order valence-electron chi connectivity index (χ4n) is 1.05. The minimum Gasteiger partial charge on any atom is -0.476 e.